The van der Waals surface area contributed by atoms with Crippen molar-refractivity contribution in [2.75, 3.05) is 32.7 Å². The molecule has 0 bridgehead atoms. The third-order valence-corrected chi connectivity index (χ3v) is 7.60. The van der Waals surface area contributed by atoms with Crippen LogP contribution in [0.5, 0.6) is 0 Å². The summed E-state index contributed by atoms with van der Waals surface area (Å²) in [5, 5.41) is 11.6. The van der Waals surface area contributed by atoms with E-state index in [1.807, 2.05) is 11.0 Å². The van der Waals surface area contributed by atoms with Crippen molar-refractivity contribution in [2.24, 2.45) is 5.41 Å². The number of aryl methyl sites for hydroxylation is 2. The second-order valence-electron chi connectivity index (χ2n) is 9.53. The van der Waals surface area contributed by atoms with Gasteiger partial charge in [0.2, 0.25) is 0 Å². The minimum Gasteiger partial charge on any atom is -0.392 e. The highest BCUT2D eigenvalue weighted by Gasteiger charge is 2.41. The number of hydrogen-bond donors (Lipinski definition) is 2. The minimum absolute atomic E-state index is 0.163. The summed E-state index contributed by atoms with van der Waals surface area (Å²) >= 11 is 0. The summed E-state index contributed by atoms with van der Waals surface area (Å²) < 4.78 is 0. The molecule has 1 amide bonds. The molecule has 2 aliphatic heterocycles. The molecule has 0 radical (unpaired) electrons. The Morgan fingerprint density at radius 2 is 2.03 bits per heavy atom. The van der Waals surface area contributed by atoms with Crippen LogP contribution in [0, 0.1) is 5.41 Å². The van der Waals surface area contributed by atoms with Gasteiger partial charge in [-0.15, -0.1) is 0 Å². The van der Waals surface area contributed by atoms with Crippen LogP contribution in [0.3, 0.4) is 0 Å². The fourth-order valence-electron chi connectivity index (χ4n) is 5.97. The number of piperidine rings is 2. The molecule has 5 heteroatoms. The lowest BCUT2D eigenvalue weighted by atomic mass is 9.71. The second-order valence-corrected chi connectivity index (χ2v) is 9.53. The van der Waals surface area contributed by atoms with Crippen LogP contribution in [0.4, 0.5) is 0 Å². The maximum atomic E-state index is 13.2. The monoisotopic (exact) mass is 395 g/mol. The van der Waals surface area contributed by atoms with Gasteiger partial charge < -0.3 is 19.9 Å². The molecule has 3 aliphatic rings. The van der Waals surface area contributed by atoms with Gasteiger partial charge in [0, 0.05) is 48.3 Å². The SMILES string of the molecule is CCN1CC(O)CC2(CCN(C(=O)c3ccc4[nH]c5c(c4c3)CCCC5)CC2)C1. The number of rotatable bonds is 2. The fraction of sp³-hybridized carbons (Fsp3) is 0.625. The Balaban J connectivity index is 1.32. The molecule has 156 valence electrons. The third kappa shape index (κ3) is 3.49. The normalized spacial score (nSPS) is 24.8. The number of H-pyrrole nitrogens is 1. The maximum Gasteiger partial charge on any atom is 0.253 e. The zero-order chi connectivity index (χ0) is 20.0. The number of β-amino-alcohol motifs (C(OH)–C–C–N with tert-alkyl or cyclic N) is 1. The van der Waals surface area contributed by atoms with Crippen molar-refractivity contribution >= 4 is 16.8 Å². The zero-order valence-corrected chi connectivity index (χ0v) is 17.5. The average Bonchev–Trinajstić information content (AvgIpc) is 3.11. The number of aliphatic hydroxyl groups is 1. The number of aromatic amines is 1. The molecule has 0 saturated carbocycles. The van der Waals surface area contributed by atoms with Gasteiger partial charge in [0.15, 0.2) is 0 Å². The summed E-state index contributed by atoms with van der Waals surface area (Å²) in [5.74, 6) is 0.163. The first kappa shape index (κ1) is 19.1. The Kier molecular flexibility index (Phi) is 4.91. The number of aliphatic hydroxyl groups excluding tert-OH is 1. The number of carbonyl (C=O) groups excluding carboxylic acids is 1. The molecule has 29 heavy (non-hydrogen) atoms. The van der Waals surface area contributed by atoms with Crippen molar-refractivity contribution in [3.8, 4) is 0 Å². The van der Waals surface area contributed by atoms with Gasteiger partial charge in [0.05, 0.1) is 6.10 Å². The predicted molar refractivity (Wildman–Crippen MR) is 115 cm³/mol. The number of amides is 1. The van der Waals surface area contributed by atoms with E-state index >= 15 is 0 Å². The van der Waals surface area contributed by atoms with E-state index in [2.05, 4.69) is 28.9 Å². The van der Waals surface area contributed by atoms with Crippen LogP contribution in [0.25, 0.3) is 10.9 Å². The first-order valence-electron chi connectivity index (χ1n) is 11.4. The number of likely N-dealkylation sites (N-methyl/N-ethyl adjacent to an activating group) is 1. The highest BCUT2D eigenvalue weighted by molar-refractivity contribution is 5.99. The lowest BCUT2D eigenvalue weighted by Gasteiger charge is -2.49. The van der Waals surface area contributed by atoms with Crippen molar-refractivity contribution in [2.45, 2.75) is 58.0 Å². The fourth-order valence-corrected chi connectivity index (χ4v) is 5.97. The molecular weight excluding hydrogens is 362 g/mol. The number of likely N-dealkylation sites (tertiary alicyclic amines) is 2. The van der Waals surface area contributed by atoms with Crippen molar-refractivity contribution in [3.63, 3.8) is 0 Å². The molecule has 1 unspecified atom stereocenters. The lowest BCUT2D eigenvalue weighted by molar-refractivity contribution is -0.0357. The van der Waals surface area contributed by atoms with Crippen molar-refractivity contribution in [1.82, 2.24) is 14.8 Å². The summed E-state index contributed by atoms with van der Waals surface area (Å²) in [7, 11) is 0. The molecule has 1 aromatic heterocycles. The number of aromatic nitrogens is 1. The summed E-state index contributed by atoms with van der Waals surface area (Å²) in [6.45, 7) is 6.60. The van der Waals surface area contributed by atoms with Crippen LogP contribution in [-0.4, -0.2) is 64.6 Å². The molecule has 2 N–H and O–H groups in total. The van der Waals surface area contributed by atoms with Crippen molar-refractivity contribution < 1.29 is 9.90 Å². The van der Waals surface area contributed by atoms with Crippen LogP contribution >= 0.6 is 0 Å². The number of benzene rings is 1. The van der Waals surface area contributed by atoms with E-state index in [-0.39, 0.29) is 17.4 Å². The van der Waals surface area contributed by atoms with Crippen LogP contribution in [0.15, 0.2) is 18.2 Å². The van der Waals surface area contributed by atoms with Crippen molar-refractivity contribution in [3.05, 3.63) is 35.0 Å². The van der Waals surface area contributed by atoms with Gasteiger partial charge in [-0.25, -0.2) is 0 Å². The van der Waals surface area contributed by atoms with E-state index in [0.29, 0.717) is 0 Å². The van der Waals surface area contributed by atoms with Crippen LogP contribution in [-0.2, 0) is 12.8 Å². The van der Waals surface area contributed by atoms with Crippen molar-refractivity contribution in [1.29, 1.82) is 0 Å². The van der Waals surface area contributed by atoms with Gasteiger partial charge >= 0.3 is 0 Å². The van der Waals surface area contributed by atoms with E-state index in [1.54, 1.807) is 0 Å². The van der Waals surface area contributed by atoms with E-state index < -0.39 is 0 Å². The quantitative estimate of drug-likeness (QED) is 0.820. The van der Waals surface area contributed by atoms with E-state index in [0.717, 1.165) is 70.4 Å². The highest BCUT2D eigenvalue weighted by atomic mass is 16.3. The Hall–Kier alpha value is -1.85. The zero-order valence-electron chi connectivity index (χ0n) is 17.5. The molecule has 1 aliphatic carbocycles. The molecule has 1 atom stereocenters. The number of nitrogens with zero attached hydrogens (tertiary/aromatic N) is 2. The number of fused-ring (bicyclic) bond motifs is 3. The Morgan fingerprint density at radius 3 is 2.83 bits per heavy atom. The summed E-state index contributed by atoms with van der Waals surface area (Å²) in [4.78, 5) is 21.2. The predicted octanol–water partition coefficient (Wildman–Crippen LogP) is 3.36. The van der Waals surface area contributed by atoms with Gasteiger partial charge in [-0.3, -0.25) is 4.79 Å². The summed E-state index contributed by atoms with van der Waals surface area (Å²) in [6.07, 6.45) is 7.39. The van der Waals surface area contributed by atoms with Gasteiger partial charge in [0.25, 0.3) is 5.91 Å². The lowest BCUT2D eigenvalue weighted by Crippen LogP contribution is -2.54. The standard InChI is InChI=1S/C24H33N3O2/c1-2-26-15-18(28)14-24(16-26)9-11-27(12-10-24)23(29)17-7-8-22-20(13-17)19-5-3-4-6-21(19)25-22/h7-8,13,18,25,28H,2-6,9-12,14-16H2,1H3. The van der Waals surface area contributed by atoms with E-state index in [1.165, 1.54) is 35.0 Å². The molecule has 1 spiro atoms. The van der Waals surface area contributed by atoms with Gasteiger partial charge in [-0.2, -0.15) is 0 Å². The summed E-state index contributed by atoms with van der Waals surface area (Å²) in [6, 6.07) is 6.19. The first-order valence-corrected chi connectivity index (χ1v) is 11.4. The molecule has 2 fully saturated rings. The van der Waals surface area contributed by atoms with E-state index in [9.17, 15) is 9.90 Å². The minimum atomic E-state index is -0.229. The van der Waals surface area contributed by atoms with Crippen LogP contribution < -0.4 is 0 Å². The smallest absolute Gasteiger partial charge is 0.253 e. The molecule has 5 rings (SSSR count). The second kappa shape index (κ2) is 7.44. The topological polar surface area (TPSA) is 59.6 Å². The van der Waals surface area contributed by atoms with Gasteiger partial charge in [0.1, 0.15) is 0 Å². The molecular formula is C24H33N3O2. The largest absolute Gasteiger partial charge is 0.392 e. The Labute approximate surface area is 173 Å². The molecule has 2 aromatic rings. The molecule has 3 heterocycles. The first-order chi connectivity index (χ1) is 14.1. The molecule has 1 aromatic carbocycles. The molecule has 2 saturated heterocycles. The Bertz CT molecular complexity index is 910. The van der Waals surface area contributed by atoms with Gasteiger partial charge in [-0.1, -0.05) is 6.92 Å². The highest BCUT2D eigenvalue weighted by Crippen LogP contribution is 2.40. The van der Waals surface area contributed by atoms with E-state index in [4.69, 9.17) is 0 Å². The summed E-state index contributed by atoms with van der Waals surface area (Å²) in [5.41, 5.74) is 4.96. The third-order valence-electron chi connectivity index (χ3n) is 7.60. The average molecular weight is 396 g/mol. The number of carbonyl (C=O) groups is 1. The Morgan fingerprint density at radius 1 is 1.24 bits per heavy atom. The molecule has 5 nitrogen and oxygen atoms in total. The van der Waals surface area contributed by atoms with Gasteiger partial charge in [-0.05, 0) is 80.7 Å². The number of nitrogens with one attached hydrogen (secondary N) is 1. The number of hydrogen-bond acceptors (Lipinski definition) is 3. The maximum absolute atomic E-state index is 13.2. The van der Waals surface area contributed by atoms with Crippen LogP contribution in [0.1, 0.15) is 60.6 Å². The van der Waals surface area contributed by atoms with Crippen LogP contribution in [0.2, 0.25) is 0 Å².